The van der Waals surface area contributed by atoms with E-state index >= 15 is 0 Å². The lowest BCUT2D eigenvalue weighted by Gasteiger charge is -2.13. The minimum Gasteiger partial charge on any atom is -0.491 e. The summed E-state index contributed by atoms with van der Waals surface area (Å²) in [5.41, 5.74) is 6.10. The standard InChI is InChI=1S/C12H18FNO2/c1-8(15-3)7-16-10-4-5-11(9(2)14)12(13)6-10/h4-6,8-9H,7,14H2,1-3H3/t8?,9-/m1/s1. The van der Waals surface area contributed by atoms with E-state index < -0.39 is 0 Å². The highest BCUT2D eigenvalue weighted by Gasteiger charge is 2.08. The van der Waals surface area contributed by atoms with Gasteiger partial charge >= 0.3 is 0 Å². The molecule has 90 valence electrons. The zero-order valence-corrected chi connectivity index (χ0v) is 9.87. The SMILES string of the molecule is COC(C)COc1ccc([C@@H](C)N)c(F)c1. The highest BCUT2D eigenvalue weighted by Crippen LogP contribution is 2.20. The Morgan fingerprint density at radius 3 is 2.56 bits per heavy atom. The van der Waals surface area contributed by atoms with Crippen molar-refractivity contribution in [3.05, 3.63) is 29.6 Å². The summed E-state index contributed by atoms with van der Waals surface area (Å²) in [4.78, 5) is 0. The van der Waals surface area contributed by atoms with Crippen molar-refractivity contribution in [2.24, 2.45) is 5.73 Å². The molecule has 0 saturated carbocycles. The third kappa shape index (κ3) is 3.47. The van der Waals surface area contributed by atoms with Crippen molar-refractivity contribution >= 4 is 0 Å². The molecule has 0 radical (unpaired) electrons. The summed E-state index contributed by atoms with van der Waals surface area (Å²) in [6.45, 7) is 4.02. The van der Waals surface area contributed by atoms with Crippen LogP contribution in [0.25, 0.3) is 0 Å². The van der Waals surface area contributed by atoms with Gasteiger partial charge in [0.25, 0.3) is 0 Å². The Morgan fingerprint density at radius 1 is 1.38 bits per heavy atom. The van der Waals surface area contributed by atoms with Gasteiger partial charge in [-0.25, -0.2) is 4.39 Å². The predicted octanol–water partition coefficient (Wildman–Crippen LogP) is 2.26. The van der Waals surface area contributed by atoms with E-state index in [1.165, 1.54) is 6.07 Å². The molecule has 1 aromatic rings. The monoisotopic (exact) mass is 227 g/mol. The van der Waals surface area contributed by atoms with Crippen LogP contribution in [0, 0.1) is 5.82 Å². The number of nitrogens with two attached hydrogens (primary N) is 1. The first-order chi connectivity index (χ1) is 7.54. The van der Waals surface area contributed by atoms with Gasteiger partial charge in [-0.15, -0.1) is 0 Å². The molecule has 0 bridgehead atoms. The fourth-order valence-electron chi connectivity index (χ4n) is 1.25. The lowest BCUT2D eigenvalue weighted by molar-refractivity contribution is 0.0715. The molecular weight excluding hydrogens is 209 g/mol. The molecule has 0 spiro atoms. The van der Waals surface area contributed by atoms with Crippen molar-refractivity contribution in [2.45, 2.75) is 26.0 Å². The van der Waals surface area contributed by atoms with Crippen molar-refractivity contribution in [3.8, 4) is 5.75 Å². The van der Waals surface area contributed by atoms with E-state index in [0.29, 0.717) is 17.9 Å². The first-order valence-electron chi connectivity index (χ1n) is 5.25. The first-order valence-corrected chi connectivity index (χ1v) is 5.25. The minimum atomic E-state index is -0.336. The molecule has 2 atom stereocenters. The van der Waals surface area contributed by atoms with Crippen LogP contribution in [0.4, 0.5) is 4.39 Å². The van der Waals surface area contributed by atoms with Crippen molar-refractivity contribution in [2.75, 3.05) is 13.7 Å². The maximum Gasteiger partial charge on any atom is 0.131 e. The molecule has 2 N–H and O–H groups in total. The van der Waals surface area contributed by atoms with E-state index in [-0.39, 0.29) is 18.0 Å². The number of benzene rings is 1. The molecule has 1 rings (SSSR count). The number of hydrogen-bond acceptors (Lipinski definition) is 3. The van der Waals surface area contributed by atoms with Crippen LogP contribution >= 0.6 is 0 Å². The van der Waals surface area contributed by atoms with Gasteiger partial charge in [-0.1, -0.05) is 6.07 Å². The van der Waals surface area contributed by atoms with E-state index in [2.05, 4.69) is 0 Å². The third-order valence-electron chi connectivity index (χ3n) is 2.35. The van der Waals surface area contributed by atoms with Crippen LogP contribution in [0.3, 0.4) is 0 Å². The molecule has 1 unspecified atom stereocenters. The topological polar surface area (TPSA) is 44.5 Å². The molecule has 0 aliphatic heterocycles. The maximum atomic E-state index is 13.5. The second kappa shape index (κ2) is 5.82. The number of ether oxygens (including phenoxy) is 2. The van der Waals surface area contributed by atoms with Crippen molar-refractivity contribution in [3.63, 3.8) is 0 Å². The number of rotatable bonds is 5. The Hall–Kier alpha value is -1.13. The summed E-state index contributed by atoms with van der Waals surface area (Å²) in [6.07, 6.45) is -0.0174. The zero-order chi connectivity index (χ0) is 12.1. The first kappa shape index (κ1) is 12.9. The largest absolute Gasteiger partial charge is 0.491 e. The van der Waals surface area contributed by atoms with Crippen molar-refractivity contribution in [1.29, 1.82) is 0 Å². The lowest BCUT2D eigenvalue weighted by Crippen LogP contribution is -2.16. The number of methoxy groups -OCH3 is 1. The zero-order valence-electron chi connectivity index (χ0n) is 9.87. The fraction of sp³-hybridized carbons (Fsp3) is 0.500. The van der Waals surface area contributed by atoms with Gasteiger partial charge in [0.2, 0.25) is 0 Å². The molecule has 0 heterocycles. The van der Waals surface area contributed by atoms with Gasteiger partial charge in [-0.2, -0.15) is 0 Å². The molecule has 1 aromatic carbocycles. The molecule has 3 nitrogen and oxygen atoms in total. The maximum absolute atomic E-state index is 13.5. The van der Waals surface area contributed by atoms with Crippen LogP contribution in [0.5, 0.6) is 5.75 Å². The third-order valence-corrected chi connectivity index (χ3v) is 2.35. The second-order valence-electron chi connectivity index (χ2n) is 3.83. The fourth-order valence-corrected chi connectivity index (χ4v) is 1.25. The number of halogens is 1. The van der Waals surface area contributed by atoms with Crippen LogP contribution < -0.4 is 10.5 Å². The Morgan fingerprint density at radius 2 is 2.06 bits per heavy atom. The molecule has 0 saturated heterocycles. The summed E-state index contributed by atoms with van der Waals surface area (Å²) in [7, 11) is 1.60. The van der Waals surface area contributed by atoms with Gasteiger partial charge in [0, 0.05) is 24.8 Å². The molecule has 16 heavy (non-hydrogen) atoms. The highest BCUT2D eigenvalue weighted by atomic mass is 19.1. The van der Waals surface area contributed by atoms with Gasteiger partial charge in [-0.05, 0) is 19.9 Å². The van der Waals surface area contributed by atoms with E-state index in [9.17, 15) is 4.39 Å². The smallest absolute Gasteiger partial charge is 0.131 e. The summed E-state index contributed by atoms with van der Waals surface area (Å²) in [5, 5.41) is 0. The summed E-state index contributed by atoms with van der Waals surface area (Å²) < 4.78 is 23.9. The quantitative estimate of drug-likeness (QED) is 0.839. The van der Waals surface area contributed by atoms with E-state index in [1.807, 2.05) is 6.92 Å². The second-order valence-corrected chi connectivity index (χ2v) is 3.83. The van der Waals surface area contributed by atoms with Crippen LogP contribution in [-0.2, 0) is 4.74 Å². The molecular formula is C12H18FNO2. The van der Waals surface area contributed by atoms with E-state index in [0.717, 1.165) is 0 Å². The molecule has 0 amide bonds. The molecule has 0 aliphatic carbocycles. The van der Waals surface area contributed by atoms with Gasteiger partial charge in [0.05, 0.1) is 6.10 Å². The Balaban J connectivity index is 2.66. The molecule has 4 heteroatoms. The van der Waals surface area contributed by atoms with Gasteiger partial charge in [0.1, 0.15) is 18.2 Å². The van der Waals surface area contributed by atoms with Gasteiger partial charge < -0.3 is 15.2 Å². The van der Waals surface area contributed by atoms with Crippen molar-refractivity contribution < 1.29 is 13.9 Å². The lowest BCUT2D eigenvalue weighted by atomic mass is 10.1. The average molecular weight is 227 g/mol. The molecule has 0 fully saturated rings. The Bertz CT molecular complexity index is 342. The minimum absolute atomic E-state index is 0.0174. The van der Waals surface area contributed by atoms with Crippen LogP contribution in [0.2, 0.25) is 0 Å². The Kier molecular flexibility index (Phi) is 4.71. The summed E-state index contributed by atoms with van der Waals surface area (Å²) in [5.74, 6) is 0.156. The highest BCUT2D eigenvalue weighted by molar-refractivity contribution is 5.30. The van der Waals surface area contributed by atoms with Gasteiger partial charge in [-0.3, -0.25) is 0 Å². The summed E-state index contributed by atoms with van der Waals surface area (Å²) >= 11 is 0. The molecule has 0 aliphatic rings. The van der Waals surface area contributed by atoms with Crippen molar-refractivity contribution in [1.82, 2.24) is 0 Å². The van der Waals surface area contributed by atoms with Gasteiger partial charge in [0.15, 0.2) is 0 Å². The normalized spacial score (nSPS) is 14.6. The van der Waals surface area contributed by atoms with Crippen LogP contribution in [-0.4, -0.2) is 19.8 Å². The van der Waals surface area contributed by atoms with E-state index in [4.69, 9.17) is 15.2 Å². The summed E-state index contributed by atoms with van der Waals surface area (Å²) in [6, 6.07) is 4.39. The van der Waals surface area contributed by atoms with Crippen LogP contribution in [0.15, 0.2) is 18.2 Å². The average Bonchev–Trinajstić information content (AvgIpc) is 2.25. The Labute approximate surface area is 95.4 Å². The number of hydrogen-bond donors (Lipinski definition) is 1. The van der Waals surface area contributed by atoms with Crippen LogP contribution in [0.1, 0.15) is 25.5 Å². The predicted molar refractivity (Wildman–Crippen MR) is 61.0 cm³/mol. The molecule has 0 aromatic heterocycles. The van der Waals surface area contributed by atoms with E-state index in [1.54, 1.807) is 26.2 Å².